The van der Waals surface area contributed by atoms with Gasteiger partial charge in [0, 0.05) is 37.8 Å². The molecule has 1 fully saturated rings. The molecule has 1 atom stereocenters. The summed E-state index contributed by atoms with van der Waals surface area (Å²) in [5.41, 5.74) is 1.81. The molecule has 154 valence electrons. The Balaban J connectivity index is 1.75. The van der Waals surface area contributed by atoms with Gasteiger partial charge in [-0.3, -0.25) is 9.59 Å². The predicted octanol–water partition coefficient (Wildman–Crippen LogP) is 3.50. The summed E-state index contributed by atoms with van der Waals surface area (Å²) in [4.78, 5) is 29.4. The Labute approximate surface area is 172 Å². The van der Waals surface area contributed by atoms with Crippen LogP contribution in [0, 0.1) is 5.92 Å². The van der Waals surface area contributed by atoms with Crippen molar-refractivity contribution in [2.45, 2.75) is 26.3 Å². The third-order valence-electron chi connectivity index (χ3n) is 5.17. The highest BCUT2D eigenvalue weighted by atomic mass is 16.5. The minimum absolute atomic E-state index is 0.0343. The number of methoxy groups -OCH3 is 2. The van der Waals surface area contributed by atoms with Gasteiger partial charge in [-0.25, -0.2) is 0 Å². The highest BCUT2D eigenvalue weighted by Crippen LogP contribution is 2.34. The van der Waals surface area contributed by atoms with Gasteiger partial charge in [-0.05, 0) is 24.1 Å². The standard InChI is InChI=1S/C23H28N2O4/c1-4-12-24(15-17-8-6-5-7-9-17)23(27)18-13-22(26)25(16-18)19-10-11-20(28-2)21(14-19)29-3/h5-11,14,18H,4,12-13,15-16H2,1-3H3. The van der Waals surface area contributed by atoms with E-state index in [2.05, 4.69) is 6.92 Å². The third kappa shape index (κ3) is 4.70. The molecule has 1 heterocycles. The van der Waals surface area contributed by atoms with Crippen LogP contribution in [0.4, 0.5) is 5.69 Å². The maximum atomic E-state index is 13.2. The second kappa shape index (κ2) is 9.45. The number of nitrogens with zero attached hydrogens (tertiary/aromatic N) is 2. The summed E-state index contributed by atoms with van der Waals surface area (Å²) in [5.74, 6) is 0.807. The zero-order chi connectivity index (χ0) is 20.8. The fraction of sp³-hybridized carbons (Fsp3) is 0.391. The predicted molar refractivity (Wildman–Crippen MR) is 112 cm³/mol. The first-order valence-electron chi connectivity index (χ1n) is 9.92. The van der Waals surface area contributed by atoms with Gasteiger partial charge in [0.1, 0.15) is 0 Å². The van der Waals surface area contributed by atoms with Crippen LogP contribution < -0.4 is 14.4 Å². The Bertz CT molecular complexity index is 853. The van der Waals surface area contributed by atoms with E-state index >= 15 is 0 Å². The van der Waals surface area contributed by atoms with E-state index in [1.807, 2.05) is 41.3 Å². The lowest BCUT2D eigenvalue weighted by Crippen LogP contribution is -2.37. The van der Waals surface area contributed by atoms with E-state index in [9.17, 15) is 9.59 Å². The molecule has 0 aliphatic carbocycles. The van der Waals surface area contributed by atoms with Crippen LogP contribution in [0.1, 0.15) is 25.3 Å². The van der Waals surface area contributed by atoms with E-state index in [0.29, 0.717) is 36.8 Å². The van der Waals surface area contributed by atoms with Crippen LogP contribution in [-0.4, -0.2) is 44.0 Å². The maximum absolute atomic E-state index is 13.2. The van der Waals surface area contributed by atoms with Crippen LogP contribution in [0.3, 0.4) is 0 Å². The van der Waals surface area contributed by atoms with Crippen LogP contribution in [0.25, 0.3) is 0 Å². The molecular formula is C23H28N2O4. The van der Waals surface area contributed by atoms with Crippen molar-refractivity contribution in [3.8, 4) is 11.5 Å². The Kier molecular flexibility index (Phi) is 6.75. The zero-order valence-electron chi connectivity index (χ0n) is 17.3. The molecule has 2 amide bonds. The molecule has 6 nitrogen and oxygen atoms in total. The minimum Gasteiger partial charge on any atom is -0.493 e. The van der Waals surface area contributed by atoms with E-state index in [0.717, 1.165) is 12.0 Å². The zero-order valence-corrected chi connectivity index (χ0v) is 17.3. The number of carbonyl (C=O) groups excluding carboxylic acids is 2. The molecule has 1 aliphatic heterocycles. The van der Waals surface area contributed by atoms with Crippen LogP contribution in [-0.2, 0) is 16.1 Å². The summed E-state index contributed by atoms with van der Waals surface area (Å²) < 4.78 is 10.6. The summed E-state index contributed by atoms with van der Waals surface area (Å²) in [6.07, 6.45) is 1.10. The van der Waals surface area contributed by atoms with Crippen molar-refractivity contribution in [2.75, 3.05) is 32.2 Å². The molecule has 0 radical (unpaired) electrons. The lowest BCUT2D eigenvalue weighted by molar-refractivity contribution is -0.136. The number of hydrogen-bond acceptors (Lipinski definition) is 4. The molecule has 0 spiro atoms. The average molecular weight is 396 g/mol. The number of ether oxygens (including phenoxy) is 2. The smallest absolute Gasteiger partial charge is 0.228 e. The van der Waals surface area contributed by atoms with Crippen molar-refractivity contribution in [3.05, 3.63) is 54.1 Å². The monoisotopic (exact) mass is 396 g/mol. The van der Waals surface area contributed by atoms with Crippen LogP contribution in [0.15, 0.2) is 48.5 Å². The van der Waals surface area contributed by atoms with Gasteiger partial charge in [0.05, 0.1) is 20.1 Å². The Morgan fingerprint density at radius 3 is 2.48 bits per heavy atom. The average Bonchev–Trinajstić information content (AvgIpc) is 3.14. The molecule has 2 aromatic carbocycles. The van der Waals surface area contributed by atoms with Crippen LogP contribution in [0.2, 0.25) is 0 Å². The van der Waals surface area contributed by atoms with Crippen LogP contribution in [0.5, 0.6) is 11.5 Å². The first-order chi connectivity index (χ1) is 14.1. The lowest BCUT2D eigenvalue weighted by Gasteiger charge is -2.25. The number of amides is 2. The Morgan fingerprint density at radius 2 is 1.83 bits per heavy atom. The molecule has 1 unspecified atom stereocenters. The molecular weight excluding hydrogens is 368 g/mol. The van der Waals surface area contributed by atoms with Gasteiger partial charge in [-0.1, -0.05) is 37.3 Å². The molecule has 2 aromatic rings. The van der Waals surface area contributed by atoms with Crippen molar-refractivity contribution in [2.24, 2.45) is 5.92 Å². The van der Waals surface area contributed by atoms with Gasteiger partial charge in [0.15, 0.2) is 11.5 Å². The molecule has 0 bridgehead atoms. The van der Waals surface area contributed by atoms with E-state index < -0.39 is 0 Å². The Hall–Kier alpha value is -3.02. The van der Waals surface area contributed by atoms with Gasteiger partial charge < -0.3 is 19.3 Å². The maximum Gasteiger partial charge on any atom is 0.228 e. The molecule has 0 saturated carbocycles. The summed E-state index contributed by atoms with van der Waals surface area (Å²) in [6, 6.07) is 15.3. The van der Waals surface area contributed by atoms with Crippen LogP contribution >= 0.6 is 0 Å². The van der Waals surface area contributed by atoms with E-state index in [1.165, 1.54) is 0 Å². The molecule has 3 rings (SSSR count). The number of carbonyl (C=O) groups is 2. The quantitative estimate of drug-likeness (QED) is 0.685. The number of rotatable bonds is 8. The summed E-state index contributed by atoms with van der Waals surface area (Å²) in [7, 11) is 3.13. The number of anilines is 1. The first-order valence-corrected chi connectivity index (χ1v) is 9.92. The topological polar surface area (TPSA) is 59.1 Å². The van der Waals surface area contributed by atoms with Crippen molar-refractivity contribution in [1.82, 2.24) is 4.90 Å². The van der Waals surface area contributed by atoms with Crippen molar-refractivity contribution in [3.63, 3.8) is 0 Å². The highest BCUT2D eigenvalue weighted by Gasteiger charge is 2.37. The molecule has 29 heavy (non-hydrogen) atoms. The minimum atomic E-state index is -0.342. The largest absolute Gasteiger partial charge is 0.493 e. The number of benzene rings is 2. The Morgan fingerprint density at radius 1 is 1.10 bits per heavy atom. The number of hydrogen-bond donors (Lipinski definition) is 0. The third-order valence-corrected chi connectivity index (χ3v) is 5.17. The molecule has 1 saturated heterocycles. The van der Waals surface area contributed by atoms with Gasteiger partial charge in [0.25, 0.3) is 0 Å². The van der Waals surface area contributed by atoms with Crippen molar-refractivity contribution in [1.29, 1.82) is 0 Å². The van der Waals surface area contributed by atoms with Crippen molar-refractivity contribution < 1.29 is 19.1 Å². The fourth-order valence-corrected chi connectivity index (χ4v) is 3.71. The van der Waals surface area contributed by atoms with E-state index in [-0.39, 0.29) is 24.2 Å². The second-order valence-corrected chi connectivity index (χ2v) is 7.19. The molecule has 1 aliphatic rings. The summed E-state index contributed by atoms with van der Waals surface area (Å²) >= 11 is 0. The van der Waals surface area contributed by atoms with E-state index in [1.54, 1.807) is 31.3 Å². The summed E-state index contributed by atoms with van der Waals surface area (Å²) in [6.45, 7) is 3.67. The second-order valence-electron chi connectivity index (χ2n) is 7.19. The van der Waals surface area contributed by atoms with Gasteiger partial charge in [-0.2, -0.15) is 0 Å². The first kappa shape index (κ1) is 20.7. The van der Waals surface area contributed by atoms with Gasteiger partial charge in [-0.15, -0.1) is 0 Å². The SMILES string of the molecule is CCCN(Cc1ccccc1)C(=O)C1CC(=O)N(c2ccc(OC)c(OC)c2)C1. The lowest BCUT2D eigenvalue weighted by atomic mass is 10.1. The van der Waals surface area contributed by atoms with E-state index in [4.69, 9.17) is 9.47 Å². The van der Waals surface area contributed by atoms with Gasteiger partial charge >= 0.3 is 0 Å². The summed E-state index contributed by atoms with van der Waals surface area (Å²) in [5, 5.41) is 0. The fourth-order valence-electron chi connectivity index (χ4n) is 3.71. The molecule has 6 heteroatoms. The highest BCUT2D eigenvalue weighted by molar-refractivity contribution is 6.00. The molecule has 0 aromatic heterocycles. The normalized spacial score (nSPS) is 16.0. The molecule has 0 N–H and O–H groups in total. The van der Waals surface area contributed by atoms with Crippen molar-refractivity contribution >= 4 is 17.5 Å². The van der Waals surface area contributed by atoms with Gasteiger partial charge in [0.2, 0.25) is 11.8 Å².